The molecule has 0 radical (unpaired) electrons. The van der Waals surface area contributed by atoms with Gasteiger partial charge >= 0.3 is 0 Å². The second-order valence-corrected chi connectivity index (χ2v) is 3.25. The number of H-pyrrole nitrogens is 1. The highest BCUT2D eigenvalue weighted by Gasteiger charge is 2.12. The lowest BCUT2D eigenvalue weighted by atomic mass is 10.1. The number of pyridine rings is 1. The van der Waals surface area contributed by atoms with Crippen LogP contribution in [0.2, 0.25) is 0 Å². The summed E-state index contributed by atoms with van der Waals surface area (Å²) in [5.41, 5.74) is 1.03. The van der Waals surface area contributed by atoms with Gasteiger partial charge in [0.2, 0.25) is 5.56 Å². The SMILES string of the molecule is Cc1c([N+](=O)[O-])ccc2[nH]c(=O)ccc12. The molecular weight excluding hydrogens is 196 g/mol. The Kier molecular flexibility index (Phi) is 2.00. The molecule has 0 aliphatic heterocycles. The molecule has 0 spiro atoms. The zero-order chi connectivity index (χ0) is 11.0. The first-order valence-corrected chi connectivity index (χ1v) is 4.36. The summed E-state index contributed by atoms with van der Waals surface area (Å²) in [6.45, 7) is 1.67. The third kappa shape index (κ3) is 1.48. The number of hydrogen-bond donors (Lipinski definition) is 1. The van der Waals surface area contributed by atoms with Gasteiger partial charge in [0.1, 0.15) is 0 Å². The number of benzene rings is 1. The smallest absolute Gasteiger partial charge is 0.273 e. The Bertz CT molecular complexity index is 601. The zero-order valence-corrected chi connectivity index (χ0v) is 7.98. The predicted molar refractivity (Wildman–Crippen MR) is 56.0 cm³/mol. The van der Waals surface area contributed by atoms with Crippen molar-refractivity contribution in [1.82, 2.24) is 4.98 Å². The lowest BCUT2D eigenvalue weighted by molar-refractivity contribution is -0.385. The molecule has 0 fully saturated rings. The second-order valence-electron chi connectivity index (χ2n) is 3.25. The second kappa shape index (κ2) is 3.20. The van der Waals surface area contributed by atoms with Crippen LogP contribution in [-0.4, -0.2) is 9.91 Å². The number of rotatable bonds is 1. The van der Waals surface area contributed by atoms with Gasteiger partial charge in [-0.1, -0.05) is 0 Å². The van der Waals surface area contributed by atoms with Crippen molar-refractivity contribution in [2.24, 2.45) is 0 Å². The number of nitrogens with one attached hydrogen (secondary N) is 1. The molecule has 1 heterocycles. The van der Waals surface area contributed by atoms with Crippen LogP contribution in [0.15, 0.2) is 29.1 Å². The zero-order valence-electron chi connectivity index (χ0n) is 7.98. The number of nitro benzene ring substituents is 1. The van der Waals surface area contributed by atoms with E-state index in [2.05, 4.69) is 4.98 Å². The lowest BCUT2D eigenvalue weighted by Gasteiger charge is -2.01. The van der Waals surface area contributed by atoms with Crippen molar-refractivity contribution in [1.29, 1.82) is 0 Å². The Balaban J connectivity index is 2.85. The Morgan fingerprint density at radius 2 is 2.00 bits per heavy atom. The summed E-state index contributed by atoms with van der Waals surface area (Å²) < 4.78 is 0. The van der Waals surface area contributed by atoms with Crippen molar-refractivity contribution in [3.05, 3.63) is 50.3 Å². The molecule has 76 valence electrons. The Morgan fingerprint density at radius 3 is 2.67 bits per heavy atom. The number of hydrogen-bond acceptors (Lipinski definition) is 3. The number of aryl methyl sites for hydroxylation is 1. The minimum Gasteiger partial charge on any atom is -0.322 e. The van der Waals surface area contributed by atoms with E-state index in [1.165, 1.54) is 12.1 Å². The normalized spacial score (nSPS) is 10.5. The predicted octanol–water partition coefficient (Wildman–Crippen LogP) is 1.74. The molecule has 0 unspecified atom stereocenters. The monoisotopic (exact) mass is 204 g/mol. The van der Waals surface area contributed by atoms with Gasteiger partial charge in [0, 0.05) is 28.6 Å². The van der Waals surface area contributed by atoms with E-state index in [0.717, 1.165) is 0 Å². The molecule has 15 heavy (non-hydrogen) atoms. The van der Waals surface area contributed by atoms with Crippen LogP contribution in [0.1, 0.15) is 5.56 Å². The van der Waals surface area contributed by atoms with E-state index in [9.17, 15) is 14.9 Å². The molecule has 0 aliphatic carbocycles. The van der Waals surface area contributed by atoms with Crippen LogP contribution >= 0.6 is 0 Å². The average molecular weight is 204 g/mol. The van der Waals surface area contributed by atoms with E-state index >= 15 is 0 Å². The van der Waals surface area contributed by atoms with Gasteiger partial charge in [-0.15, -0.1) is 0 Å². The maximum Gasteiger partial charge on any atom is 0.273 e. The highest BCUT2D eigenvalue weighted by Crippen LogP contribution is 2.24. The fourth-order valence-corrected chi connectivity index (χ4v) is 1.57. The quantitative estimate of drug-likeness (QED) is 0.567. The first-order chi connectivity index (χ1) is 7.09. The fourth-order valence-electron chi connectivity index (χ4n) is 1.57. The molecule has 0 bridgehead atoms. The fraction of sp³-hybridized carbons (Fsp3) is 0.100. The van der Waals surface area contributed by atoms with Gasteiger partial charge in [-0.05, 0) is 19.1 Å². The van der Waals surface area contributed by atoms with Crippen LogP contribution in [0, 0.1) is 17.0 Å². The first-order valence-electron chi connectivity index (χ1n) is 4.36. The van der Waals surface area contributed by atoms with Gasteiger partial charge in [0.15, 0.2) is 0 Å². The van der Waals surface area contributed by atoms with Crippen molar-refractivity contribution < 1.29 is 4.92 Å². The summed E-state index contributed by atoms with van der Waals surface area (Å²) in [7, 11) is 0. The highest BCUT2D eigenvalue weighted by atomic mass is 16.6. The summed E-state index contributed by atoms with van der Waals surface area (Å²) in [6, 6.07) is 5.89. The maximum atomic E-state index is 11.0. The van der Waals surface area contributed by atoms with Gasteiger partial charge in [-0.3, -0.25) is 14.9 Å². The van der Waals surface area contributed by atoms with Crippen LogP contribution in [0.25, 0.3) is 10.9 Å². The summed E-state index contributed by atoms with van der Waals surface area (Å²) in [5, 5.41) is 11.4. The van der Waals surface area contributed by atoms with Gasteiger partial charge in [-0.2, -0.15) is 0 Å². The number of nitro groups is 1. The van der Waals surface area contributed by atoms with Gasteiger partial charge in [-0.25, -0.2) is 0 Å². The lowest BCUT2D eigenvalue weighted by Crippen LogP contribution is -2.03. The molecule has 2 rings (SSSR count). The molecule has 0 saturated carbocycles. The van der Waals surface area contributed by atoms with Crippen molar-refractivity contribution in [2.75, 3.05) is 0 Å². The summed E-state index contributed by atoms with van der Waals surface area (Å²) in [6.07, 6.45) is 0. The van der Waals surface area contributed by atoms with E-state index < -0.39 is 4.92 Å². The maximum absolute atomic E-state index is 11.0. The highest BCUT2D eigenvalue weighted by molar-refractivity contribution is 5.85. The van der Waals surface area contributed by atoms with Crippen molar-refractivity contribution in [3.8, 4) is 0 Å². The van der Waals surface area contributed by atoms with E-state index in [0.29, 0.717) is 16.5 Å². The number of nitrogens with zero attached hydrogens (tertiary/aromatic N) is 1. The average Bonchev–Trinajstić information content (AvgIpc) is 2.17. The van der Waals surface area contributed by atoms with Crippen molar-refractivity contribution in [2.45, 2.75) is 6.92 Å². The van der Waals surface area contributed by atoms with Crippen LogP contribution in [0.5, 0.6) is 0 Å². The van der Waals surface area contributed by atoms with Gasteiger partial charge in [0.05, 0.1) is 4.92 Å². The first kappa shape index (κ1) is 9.39. The largest absolute Gasteiger partial charge is 0.322 e. The Hall–Kier alpha value is -2.17. The number of fused-ring (bicyclic) bond motifs is 1. The molecule has 5 nitrogen and oxygen atoms in total. The molecule has 2 aromatic rings. The molecule has 1 aromatic heterocycles. The molecule has 5 heteroatoms. The van der Waals surface area contributed by atoms with E-state index in [1.54, 1.807) is 19.1 Å². The Morgan fingerprint density at radius 1 is 1.27 bits per heavy atom. The molecule has 0 amide bonds. The minimum atomic E-state index is -0.431. The molecule has 1 N–H and O–H groups in total. The number of aromatic nitrogens is 1. The molecular formula is C10H8N2O3. The van der Waals surface area contributed by atoms with Crippen molar-refractivity contribution in [3.63, 3.8) is 0 Å². The van der Waals surface area contributed by atoms with Gasteiger partial charge < -0.3 is 4.98 Å². The summed E-state index contributed by atoms with van der Waals surface area (Å²) >= 11 is 0. The third-order valence-corrected chi connectivity index (χ3v) is 2.34. The minimum absolute atomic E-state index is 0.0644. The molecule has 1 aromatic carbocycles. The van der Waals surface area contributed by atoms with E-state index in [1.807, 2.05) is 0 Å². The molecule has 0 aliphatic rings. The van der Waals surface area contributed by atoms with Crippen LogP contribution < -0.4 is 5.56 Å². The topological polar surface area (TPSA) is 76.0 Å². The van der Waals surface area contributed by atoms with Crippen LogP contribution in [0.3, 0.4) is 0 Å². The van der Waals surface area contributed by atoms with Crippen molar-refractivity contribution >= 4 is 16.6 Å². The third-order valence-electron chi connectivity index (χ3n) is 2.34. The molecule has 0 atom stereocenters. The van der Waals surface area contributed by atoms with Gasteiger partial charge in [0.25, 0.3) is 5.69 Å². The number of aromatic amines is 1. The summed E-state index contributed by atoms with van der Waals surface area (Å²) in [4.78, 5) is 23.9. The van der Waals surface area contributed by atoms with E-state index in [-0.39, 0.29) is 11.2 Å². The van der Waals surface area contributed by atoms with E-state index in [4.69, 9.17) is 0 Å². The van der Waals surface area contributed by atoms with Crippen LogP contribution in [-0.2, 0) is 0 Å². The standard InChI is InChI=1S/C10H8N2O3/c1-6-7-2-5-10(13)11-8(7)3-4-9(6)12(14)15/h2-5H,1H3,(H,11,13). The van der Waals surface area contributed by atoms with Crippen LogP contribution in [0.4, 0.5) is 5.69 Å². The molecule has 0 saturated heterocycles. The Labute approximate surface area is 84.5 Å². The summed E-state index contributed by atoms with van der Waals surface area (Å²) in [5.74, 6) is 0.